The van der Waals surface area contributed by atoms with Crippen molar-refractivity contribution in [3.8, 4) is 0 Å². The third kappa shape index (κ3) is 3.23. The van der Waals surface area contributed by atoms with Crippen molar-refractivity contribution in [2.45, 2.75) is 11.6 Å². The number of nitrogens with two attached hydrogens (primary N) is 1. The SMILES string of the molecule is NC1(C(=O)N2CCN(C(=O)c3ccc(C4NNc5ccccc54)cc3)CC2)COC1. The molecule has 0 aliphatic carbocycles. The number of piperazine rings is 1. The zero-order valence-electron chi connectivity index (χ0n) is 16.6. The first-order chi connectivity index (χ1) is 14.5. The fraction of sp³-hybridized carbons (Fsp3) is 0.364. The van der Waals surface area contributed by atoms with Crippen molar-refractivity contribution in [1.29, 1.82) is 0 Å². The summed E-state index contributed by atoms with van der Waals surface area (Å²) in [6, 6.07) is 15.9. The van der Waals surface area contributed by atoms with Crippen LogP contribution in [0.15, 0.2) is 48.5 Å². The van der Waals surface area contributed by atoms with Crippen LogP contribution in [0.5, 0.6) is 0 Å². The van der Waals surface area contributed by atoms with E-state index in [1.807, 2.05) is 42.5 Å². The normalized spacial score (nSPS) is 22.1. The molecule has 0 bridgehead atoms. The zero-order chi connectivity index (χ0) is 20.7. The van der Waals surface area contributed by atoms with Crippen LogP contribution in [-0.4, -0.2) is 66.5 Å². The highest BCUT2D eigenvalue weighted by atomic mass is 16.5. The van der Waals surface area contributed by atoms with Crippen LogP contribution in [0, 0.1) is 0 Å². The number of hydrazine groups is 1. The molecule has 4 N–H and O–H groups in total. The highest BCUT2D eigenvalue weighted by molar-refractivity contribution is 5.94. The van der Waals surface area contributed by atoms with Crippen LogP contribution in [-0.2, 0) is 9.53 Å². The minimum absolute atomic E-state index is 0.0130. The van der Waals surface area contributed by atoms with E-state index < -0.39 is 5.54 Å². The van der Waals surface area contributed by atoms with E-state index in [1.165, 1.54) is 5.56 Å². The Balaban J connectivity index is 1.22. The Kier molecular flexibility index (Phi) is 4.69. The lowest BCUT2D eigenvalue weighted by Gasteiger charge is -2.43. The monoisotopic (exact) mass is 407 g/mol. The Morgan fingerprint density at radius 2 is 1.63 bits per heavy atom. The van der Waals surface area contributed by atoms with Crippen LogP contribution in [0.2, 0.25) is 0 Å². The summed E-state index contributed by atoms with van der Waals surface area (Å²) in [6.45, 7) is 2.54. The number of nitrogens with zero attached hydrogens (tertiary/aromatic N) is 2. The summed E-state index contributed by atoms with van der Waals surface area (Å²) in [7, 11) is 0. The van der Waals surface area contributed by atoms with Gasteiger partial charge in [-0.3, -0.25) is 9.59 Å². The number of anilines is 1. The molecule has 30 heavy (non-hydrogen) atoms. The molecule has 0 radical (unpaired) electrons. The van der Waals surface area contributed by atoms with Gasteiger partial charge in [0.25, 0.3) is 5.91 Å². The maximum absolute atomic E-state index is 12.9. The lowest BCUT2D eigenvalue weighted by molar-refractivity contribution is -0.155. The summed E-state index contributed by atoms with van der Waals surface area (Å²) in [5.74, 6) is -0.0934. The highest BCUT2D eigenvalue weighted by Gasteiger charge is 2.45. The fourth-order valence-corrected chi connectivity index (χ4v) is 4.23. The Bertz CT molecular complexity index is 965. The summed E-state index contributed by atoms with van der Waals surface area (Å²) in [4.78, 5) is 29.0. The van der Waals surface area contributed by atoms with E-state index in [4.69, 9.17) is 10.5 Å². The molecule has 3 heterocycles. The number of rotatable bonds is 3. The van der Waals surface area contributed by atoms with Gasteiger partial charge in [-0.25, -0.2) is 5.43 Å². The highest BCUT2D eigenvalue weighted by Crippen LogP contribution is 2.32. The van der Waals surface area contributed by atoms with Crippen molar-refractivity contribution >= 4 is 17.5 Å². The molecule has 8 heteroatoms. The maximum atomic E-state index is 12.9. The Hall–Kier alpha value is -2.94. The predicted octanol–water partition coefficient (Wildman–Crippen LogP) is 0.718. The molecule has 2 aromatic carbocycles. The number of nitrogens with one attached hydrogen (secondary N) is 2. The van der Waals surface area contributed by atoms with Crippen LogP contribution in [0.1, 0.15) is 27.5 Å². The molecule has 0 saturated carbocycles. The van der Waals surface area contributed by atoms with Crippen LogP contribution in [0.4, 0.5) is 5.69 Å². The van der Waals surface area contributed by atoms with Gasteiger partial charge in [0, 0.05) is 31.7 Å². The molecule has 1 atom stereocenters. The summed E-state index contributed by atoms with van der Waals surface area (Å²) < 4.78 is 5.09. The number of hydrogen-bond donors (Lipinski definition) is 3. The number of carbonyl (C=O) groups is 2. The molecule has 2 fully saturated rings. The third-order valence-electron chi connectivity index (χ3n) is 6.11. The van der Waals surface area contributed by atoms with Crippen molar-refractivity contribution in [3.05, 3.63) is 65.2 Å². The van der Waals surface area contributed by atoms with Crippen molar-refractivity contribution in [3.63, 3.8) is 0 Å². The maximum Gasteiger partial charge on any atom is 0.253 e. The van der Waals surface area contributed by atoms with E-state index in [0.717, 1.165) is 11.3 Å². The number of ether oxygens (including phenoxy) is 1. The van der Waals surface area contributed by atoms with Crippen LogP contribution < -0.4 is 16.6 Å². The third-order valence-corrected chi connectivity index (χ3v) is 6.11. The smallest absolute Gasteiger partial charge is 0.253 e. The standard InChI is InChI=1S/C22H25N5O3/c23-22(13-30-14-22)21(29)27-11-9-26(10-12-27)20(28)16-7-5-15(6-8-16)19-17-3-1-2-4-18(17)24-25-19/h1-8,19,24-25H,9-14,23H2. The summed E-state index contributed by atoms with van der Waals surface area (Å²) in [6.07, 6.45) is 0. The van der Waals surface area contributed by atoms with Crippen molar-refractivity contribution < 1.29 is 14.3 Å². The molecule has 0 aromatic heterocycles. The minimum Gasteiger partial charge on any atom is -0.376 e. The number of hydrogen-bond acceptors (Lipinski definition) is 6. The molecule has 3 aliphatic heterocycles. The molecule has 8 nitrogen and oxygen atoms in total. The minimum atomic E-state index is -0.885. The number of amides is 2. The fourth-order valence-electron chi connectivity index (χ4n) is 4.23. The second-order valence-corrected chi connectivity index (χ2v) is 8.14. The second kappa shape index (κ2) is 7.39. The Labute approximate surface area is 174 Å². The average Bonchev–Trinajstić information content (AvgIpc) is 3.21. The zero-order valence-corrected chi connectivity index (χ0v) is 16.6. The topological polar surface area (TPSA) is 99.9 Å². The number of benzene rings is 2. The van der Waals surface area contributed by atoms with Gasteiger partial charge in [0.1, 0.15) is 5.54 Å². The van der Waals surface area contributed by atoms with Gasteiger partial charge >= 0.3 is 0 Å². The van der Waals surface area contributed by atoms with Crippen molar-refractivity contribution in [2.75, 3.05) is 44.8 Å². The Morgan fingerprint density at radius 3 is 2.30 bits per heavy atom. The quantitative estimate of drug-likeness (QED) is 0.693. The van der Waals surface area contributed by atoms with Crippen LogP contribution in [0.3, 0.4) is 0 Å². The average molecular weight is 407 g/mol. The molecule has 0 spiro atoms. The molecule has 5 rings (SSSR count). The first-order valence-electron chi connectivity index (χ1n) is 10.2. The van der Waals surface area contributed by atoms with E-state index in [9.17, 15) is 9.59 Å². The van der Waals surface area contributed by atoms with E-state index in [0.29, 0.717) is 31.7 Å². The lowest BCUT2D eigenvalue weighted by Crippen LogP contribution is -2.68. The summed E-state index contributed by atoms with van der Waals surface area (Å²) in [5.41, 5.74) is 15.7. The predicted molar refractivity (Wildman–Crippen MR) is 112 cm³/mol. The molecule has 2 saturated heterocycles. The van der Waals surface area contributed by atoms with Gasteiger partial charge in [0.2, 0.25) is 5.91 Å². The number of para-hydroxylation sites is 1. The van der Waals surface area contributed by atoms with Gasteiger partial charge in [0.15, 0.2) is 0 Å². The van der Waals surface area contributed by atoms with E-state index in [2.05, 4.69) is 16.9 Å². The van der Waals surface area contributed by atoms with Gasteiger partial charge in [-0.2, -0.15) is 0 Å². The molecule has 156 valence electrons. The first kappa shape index (κ1) is 19.0. The molecule has 3 aliphatic rings. The largest absolute Gasteiger partial charge is 0.376 e. The van der Waals surface area contributed by atoms with Gasteiger partial charge < -0.3 is 25.7 Å². The van der Waals surface area contributed by atoms with Gasteiger partial charge in [-0.05, 0) is 29.3 Å². The van der Waals surface area contributed by atoms with Gasteiger partial charge in [0.05, 0.1) is 24.9 Å². The van der Waals surface area contributed by atoms with Gasteiger partial charge in [-0.15, -0.1) is 0 Å². The Morgan fingerprint density at radius 1 is 0.967 bits per heavy atom. The van der Waals surface area contributed by atoms with Crippen LogP contribution in [0.25, 0.3) is 0 Å². The van der Waals surface area contributed by atoms with Gasteiger partial charge in [-0.1, -0.05) is 30.3 Å². The summed E-state index contributed by atoms with van der Waals surface area (Å²) >= 11 is 0. The number of carbonyl (C=O) groups excluding carboxylic acids is 2. The molecule has 2 aromatic rings. The van der Waals surface area contributed by atoms with E-state index in [1.54, 1.807) is 9.80 Å². The van der Waals surface area contributed by atoms with E-state index in [-0.39, 0.29) is 31.1 Å². The molecular formula is C22H25N5O3. The molecular weight excluding hydrogens is 382 g/mol. The lowest BCUT2D eigenvalue weighted by atomic mass is 9.96. The van der Waals surface area contributed by atoms with E-state index >= 15 is 0 Å². The second-order valence-electron chi connectivity index (χ2n) is 8.14. The molecule has 1 unspecified atom stereocenters. The van der Waals surface area contributed by atoms with Crippen molar-refractivity contribution in [2.24, 2.45) is 5.73 Å². The molecule has 2 amide bonds. The number of fused-ring (bicyclic) bond motifs is 1. The first-order valence-corrected chi connectivity index (χ1v) is 10.2. The van der Waals surface area contributed by atoms with Crippen LogP contribution >= 0.6 is 0 Å². The summed E-state index contributed by atoms with van der Waals surface area (Å²) in [5, 5.41) is 0. The van der Waals surface area contributed by atoms with Crippen molar-refractivity contribution in [1.82, 2.24) is 15.2 Å².